The lowest BCUT2D eigenvalue weighted by Gasteiger charge is -2.37. The average Bonchev–Trinajstić information content (AvgIpc) is 3.23. The summed E-state index contributed by atoms with van der Waals surface area (Å²) in [5, 5.41) is 4.21. The lowest BCUT2D eigenvalue weighted by Crippen LogP contribution is -2.44. The lowest BCUT2D eigenvalue weighted by atomic mass is 9.81. The third kappa shape index (κ3) is 2.53. The summed E-state index contributed by atoms with van der Waals surface area (Å²) in [6.07, 6.45) is 3.95. The van der Waals surface area contributed by atoms with E-state index in [0.29, 0.717) is 5.82 Å². The number of imidazole rings is 1. The number of likely N-dealkylation sites (tertiary alicyclic amines) is 1. The Morgan fingerprint density at radius 3 is 3.17 bits per heavy atom. The highest BCUT2D eigenvalue weighted by atomic mass is 16.5. The molecule has 6 heteroatoms. The van der Waals surface area contributed by atoms with Gasteiger partial charge in [-0.25, -0.2) is 4.98 Å². The van der Waals surface area contributed by atoms with E-state index < -0.39 is 0 Å². The summed E-state index contributed by atoms with van der Waals surface area (Å²) in [6.45, 7) is 7.62. The third-order valence-electron chi connectivity index (χ3n) is 4.84. The maximum atomic E-state index is 5.63. The number of rotatable bonds is 3. The molecule has 2 aromatic heterocycles. The molecule has 0 radical (unpaired) electrons. The van der Waals surface area contributed by atoms with E-state index in [2.05, 4.69) is 33.9 Å². The van der Waals surface area contributed by atoms with Crippen LogP contribution in [-0.4, -0.2) is 44.6 Å². The number of likely N-dealkylation sites (N-methyl/N-ethyl adjacent to an activating group) is 1. The number of fused-ring (bicyclic) bond motifs is 1. The molecule has 0 saturated carbocycles. The number of hydrogen-bond donors (Lipinski definition) is 1. The van der Waals surface area contributed by atoms with Crippen LogP contribution in [0.25, 0.3) is 22.4 Å². The molecule has 0 spiro atoms. The summed E-state index contributed by atoms with van der Waals surface area (Å²) < 4.78 is 5.63. The van der Waals surface area contributed by atoms with E-state index in [9.17, 15) is 0 Å². The SMILES string of the molecule is CCN1CCC[C@@](C)(c2nc(-c3ccc4nc[nH]c4c3)no2)C1. The molecule has 120 valence electrons. The van der Waals surface area contributed by atoms with Gasteiger partial charge < -0.3 is 14.4 Å². The van der Waals surface area contributed by atoms with Crippen LogP contribution < -0.4 is 0 Å². The molecule has 4 rings (SSSR count). The number of H-pyrrole nitrogens is 1. The van der Waals surface area contributed by atoms with Gasteiger partial charge in [0.15, 0.2) is 0 Å². The molecule has 23 heavy (non-hydrogen) atoms. The molecule has 1 aliphatic heterocycles. The summed E-state index contributed by atoms with van der Waals surface area (Å²) in [5.41, 5.74) is 2.81. The van der Waals surface area contributed by atoms with Gasteiger partial charge in [0.05, 0.1) is 22.8 Å². The van der Waals surface area contributed by atoms with Crippen LogP contribution in [0.3, 0.4) is 0 Å². The molecule has 0 amide bonds. The number of piperidine rings is 1. The van der Waals surface area contributed by atoms with E-state index in [1.807, 2.05) is 18.2 Å². The van der Waals surface area contributed by atoms with Gasteiger partial charge in [-0.1, -0.05) is 12.1 Å². The molecule has 1 saturated heterocycles. The largest absolute Gasteiger partial charge is 0.345 e. The first-order valence-electron chi connectivity index (χ1n) is 8.18. The molecule has 1 aromatic carbocycles. The minimum Gasteiger partial charge on any atom is -0.345 e. The van der Waals surface area contributed by atoms with Crippen molar-refractivity contribution in [1.29, 1.82) is 0 Å². The van der Waals surface area contributed by atoms with Gasteiger partial charge in [-0.3, -0.25) is 0 Å². The highest BCUT2D eigenvalue weighted by molar-refractivity contribution is 5.79. The fourth-order valence-electron chi connectivity index (χ4n) is 3.45. The van der Waals surface area contributed by atoms with Crippen molar-refractivity contribution < 1.29 is 4.52 Å². The number of hydrogen-bond acceptors (Lipinski definition) is 5. The minimum atomic E-state index is -0.0579. The Balaban J connectivity index is 1.65. The first-order chi connectivity index (χ1) is 11.2. The molecular weight excluding hydrogens is 290 g/mol. The monoisotopic (exact) mass is 311 g/mol. The zero-order chi connectivity index (χ0) is 15.9. The van der Waals surface area contributed by atoms with Crippen LogP contribution >= 0.6 is 0 Å². The Labute approximate surface area is 134 Å². The van der Waals surface area contributed by atoms with Crippen LogP contribution in [0.5, 0.6) is 0 Å². The predicted octanol–water partition coefficient (Wildman–Crippen LogP) is 2.99. The smallest absolute Gasteiger partial charge is 0.234 e. The molecule has 1 N–H and O–H groups in total. The van der Waals surface area contributed by atoms with Crippen molar-refractivity contribution in [2.45, 2.75) is 32.1 Å². The van der Waals surface area contributed by atoms with Crippen molar-refractivity contribution in [2.75, 3.05) is 19.6 Å². The Hall–Kier alpha value is -2.21. The maximum absolute atomic E-state index is 5.63. The predicted molar refractivity (Wildman–Crippen MR) is 88.1 cm³/mol. The van der Waals surface area contributed by atoms with Gasteiger partial charge in [-0.05, 0) is 51.1 Å². The fourth-order valence-corrected chi connectivity index (χ4v) is 3.45. The highest BCUT2D eigenvalue weighted by Crippen LogP contribution is 2.33. The van der Waals surface area contributed by atoms with Crippen LogP contribution in [0.15, 0.2) is 29.0 Å². The van der Waals surface area contributed by atoms with E-state index in [1.165, 1.54) is 6.42 Å². The fraction of sp³-hybridized carbons (Fsp3) is 0.471. The molecule has 6 nitrogen and oxygen atoms in total. The zero-order valence-electron chi connectivity index (χ0n) is 13.5. The van der Waals surface area contributed by atoms with Crippen LogP contribution in [0, 0.1) is 0 Å². The van der Waals surface area contributed by atoms with Crippen LogP contribution in [-0.2, 0) is 5.41 Å². The number of nitrogens with one attached hydrogen (secondary N) is 1. The van der Waals surface area contributed by atoms with Crippen LogP contribution in [0.1, 0.15) is 32.6 Å². The van der Waals surface area contributed by atoms with Gasteiger partial charge in [-0.15, -0.1) is 0 Å². The van der Waals surface area contributed by atoms with Crippen LogP contribution in [0.2, 0.25) is 0 Å². The van der Waals surface area contributed by atoms with Gasteiger partial charge in [0, 0.05) is 12.1 Å². The van der Waals surface area contributed by atoms with Gasteiger partial charge in [0.2, 0.25) is 11.7 Å². The van der Waals surface area contributed by atoms with Crippen LogP contribution in [0.4, 0.5) is 0 Å². The molecule has 1 aliphatic rings. The van der Waals surface area contributed by atoms with E-state index in [4.69, 9.17) is 9.51 Å². The molecular formula is C17H21N5O. The topological polar surface area (TPSA) is 70.8 Å². The second-order valence-electron chi connectivity index (χ2n) is 6.59. The lowest BCUT2D eigenvalue weighted by molar-refractivity contribution is 0.135. The van der Waals surface area contributed by atoms with E-state index >= 15 is 0 Å². The Bertz CT molecular complexity index is 823. The van der Waals surface area contributed by atoms with E-state index in [-0.39, 0.29) is 5.41 Å². The zero-order valence-corrected chi connectivity index (χ0v) is 13.5. The first-order valence-corrected chi connectivity index (χ1v) is 8.18. The average molecular weight is 311 g/mol. The van der Waals surface area contributed by atoms with Crippen molar-refractivity contribution in [3.8, 4) is 11.4 Å². The number of aromatic amines is 1. The first kappa shape index (κ1) is 14.4. The molecule has 1 fully saturated rings. The normalized spacial score (nSPS) is 22.7. The molecule has 0 aliphatic carbocycles. The number of nitrogens with zero attached hydrogens (tertiary/aromatic N) is 4. The molecule has 0 unspecified atom stereocenters. The maximum Gasteiger partial charge on any atom is 0.234 e. The van der Waals surface area contributed by atoms with Crippen molar-refractivity contribution in [2.24, 2.45) is 0 Å². The minimum absolute atomic E-state index is 0.0579. The molecule has 0 bridgehead atoms. The summed E-state index contributed by atoms with van der Waals surface area (Å²) >= 11 is 0. The summed E-state index contributed by atoms with van der Waals surface area (Å²) in [4.78, 5) is 14.5. The van der Waals surface area contributed by atoms with E-state index in [0.717, 1.165) is 48.5 Å². The van der Waals surface area contributed by atoms with Gasteiger partial charge in [0.1, 0.15) is 0 Å². The van der Waals surface area contributed by atoms with Crippen molar-refractivity contribution in [1.82, 2.24) is 25.0 Å². The van der Waals surface area contributed by atoms with E-state index in [1.54, 1.807) is 6.33 Å². The second-order valence-corrected chi connectivity index (χ2v) is 6.59. The Morgan fingerprint density at radius 2 is 2.30 bits per heavy atom. The molecule has 1 atom stereocenters. The third-order valence-corrected chi connectivity index (χ3v) is 4.84. The Kier molecular flexibility index (Phi) is 3.41. The van der Waals surface area contributed by atoms with Gasteiger partial charge in [-0.2, -0.15) is 4.98 Å². The standard InChI is InChI=1S/C17H21N5O/c1-3-22-8-4-7-17(2,10-22)16-20-15(21-23-16)12-5-6-13-14(9-12)19-11-18-13/h5-6,9,11H,3-4,7-8,10H2,1-2H3,(H,18,19)/t17-/m1/s1. The summed E-state index contributed by atoms with van der Waals surface area (Å²) in [5.74, 6) is 1.39. The van der Waals surface area contributed by atoms with Gasteiger partial charge in [0.25, 0.3) is 0 Å². The van der Waals surface area contributed by atoms with Crippen molar-refractivity contribution >= 4 is 11.0 Å². The van der Waals surface area contributed by atoms with Crippen molar-refractivity contribution in [3.05, 3.63) is 30.4 Å². The molecule has 3 heterocycles. The molecule has 3 aromatic rings. The number of benzene rings is 1. The van der Waals surface area contributed by atoms with Gasteiger partial charge >= 0.3 is 0 Å². The second kappa shape index (κ2) is 5.45. The van der Waals surface area contributed by atoms with Crippen molar-refractivity contribution in [3.63, 3.8) is 0 Å². The Morgan fingerprint density at radius 1 is 1.39 bits per heavy atom. The number of aromatic nitrogens is 4. The quantitative estimate of drug-likeness (QED) is 0.805. The highest BCUT2D eigenvalue weighted by Gasteiger charge is 2.37. The summed E-state index contributed by atoms with van der Waals surface area (Å²) in [7, 11) is 0. The summed E-state index contributed by atoms with van der Waals surface area (Å²) in [6, 6.07) is 5.97.